The minimum atomic E-state index is -3.37. The second-order valence-electron chi connectivity index (χ2n) is 6.93. The van der Waals surface area contributed by atoms with Crippen LogP contribution in [0.4, 0.5) is 5.95 Å². The van der Waals surface area contributed by atoms with Crippen LogP contribution in [0, 0.1) is 5.41 Å². The standard InChI is InChI=1S/C15H26N4O3S/c1-15(2,10-20)9-18-14-17-8-12(23(3,21)22)13(19-14)11-5-4-6-16-7-11/h8,11,16,20H,4-7,9-10H2,1-3H3,(H,17,18,19)/t11-/m1/s1. The number of hydrogen-bond donors (Lipinski definition) is 3. The molecule has 2 rings (SSSR count). The van der Waals surface area contributed by atoms with Gasteiger partial charge in [0.05, 0.1) is 11.9 Å². The first-order valence-electron chi connectivity index (χ1n) is 7.85. The van der Waals surface area contributed by atoms with E-state index < -0.39 is 9.84 Å². The van der Waals surface area contributed by atoms with E-state index in [0.717, 1.165) is 25.9 Å². The summed E-state index contributed by atoms with van der Waals surface area (Å²) in [5.41, 5.74) is 0.282. The molecule has 0 aromatic carbocycles. The maximum atomic E-state index is 12.0. The van der Waals surface area contributed by atoms with Crippen molar-refractivity contribution in [3.05, 3.63) is 11.9 Å². The Morgan fingerprint density at radius 1 is 1.48 bits per heavy atom. The Morgan fingerprint density at radius 2 is 2.22 bits per heavy atom. The molecule has 0 aliphatic carbocycles. The van der Waals surface area contributed by atoms with Gasteiger partial charge in [-0.2, -0.15) is 0 Å². The van der Waals surface area contributed by atoms with E-state index in [1.807, 2.05) is 13.8 Å². The van der Waals surface area contributed by atoms with Crippen LogP contribution < -0.4 is 10.6 Å². The van der Waals surface area contributed by atoms with E-state index in [9.17, 15) is 13.5 Å². The molecule has 1 aromatic heterocycles. The number of rotatable bonds is 6. The quantitative estimate of drug-likeness (QED) is 0.701. The first-order chi connectivity index (χ1) is 10.7. The van der Waals surface area contributed by atoms with Crippen LogP contribution in [0.3, 0.4) is 0 Å². The van der Waals surface area contributed by atoms with Crippen LogP contribution in [0.15, 0.2) is 11.1 Å². The number of sulfone groups is 1. The molecule has 1 aliphatic rings. The second kappa shape index (κ2) is 7.11. The predicted octanol–water partition coefficient (Wildman–Crippen LogP) is 0.777. The van der Waals surface area contributed by atoms with Crippen molar-refractivity contribution in [3.63, 3.8) is 0 Å². The van der Waals surface area contributed by atoms with Crippen LogP contribution in [0.1, 0.15) is 38.3 Å². The summed E-state index contributed by atoms with van der Waals surface area (Å²) in [6.07, 6.45) is 4.49. The summed E-state index contributed by atoms with van der Waals surface area (Å²) in [6.45, 7) is 6.07. The smallest absolute Gasteiger partial charge is 0.222 e. The van der Waals surface area contributed by atoms with Crippen molar-refractivity contribution in [2.24, 2.45) is 5.41 Å². The van der Waals surface area contributed by atoms with Crippen molar-refractivity contribution >= 4 is 15.8 Å². The lowest BCUT2D eigenvalue weighted by atomic mass is 9.95. The third-order valence-corrected chi connectivity index (χ3v) is 5.13. The van der Waals surface area contributed by atoms with Crippen LogP contribution in [-0.2, 0) is 9.84 Å². The highest BCUT2D eigenvalue weighted by Crippen LogP contribution is 2.28. The lowest BCUT2D eigenvalue weighted by Gasteiger charge is -2.25. The molecule has 8 heteroatoms. The van der Waals surface area contributed by atoms with Gasteiger partial charge in [-0.05, 0) is 19.4 Å². The number of piperidine rings is 1. The van der Waals surface area contributed by atoms with Gasteiger partial charge >= 0.3 is 0 Å². The minimum absolute atomic E-state index is 0.0425. The van der Waals surface area contributed by atoms with E-state index in [4.69, 9.17) is 0 Å². The molecule has 0 amide bonds. The normalized spacial score (nSPS) is 19.6. The average molecular weight is 342 g/mol. The van der Waals surface area contributed by atoms with Crippen LogP contribution in [0.25, 0.3) is 0 Å². The molecule has 2 heterocycles. The molecule has 130 valence electrons. The fourth-order valence-corrected chi connectivity index (χ4v) is 3.34. The third kappa shape index (κ3) is 4.86. The predicted molar refractivity (Wildman–Crippen MR) is 89.3 cm³/mol. The molecule has 7 nitrogen and oxygen atoms in total. The molecule has 1 aromatic rings. The second-order valence-corrected chi connectivity index (χ2v) is 8.92. The first-order valence-corrected chi connectivity index (χ1v) is 9.74. The Hall–Kier alpha value is -1.25. The highest BCUT2D eigenvalue weighted by Gasteiger charge is 2.25. The largest absolute Gasteiger partial charge is 0.396 e. The lowest BCUT2D eigenvalue weighted by molar-refractivity contribution is 0.170. The SMILES string of the molecule is CC(C)(CO)CNc1ncc(S(C)(=O)=O)c([C@@H]2CCCNC2)n1. The summed E-state index contributed by atoms with van der Waals surface area (Å²) < 4.78 is 24.0. The molecule has 0 unspecified atom stereocenters. The van der Waals surface area contributed by atoms with Gasteiger partial charge < -0.3 is 15.7 Å². The van der Waals surface area contributed by atoms with Crippen molar-refractivity contribution in [1.29, 1.82) is 0 Å². The molecule has 1 saturated heterocycles. The zero-order chi connectivity index (χ0) is 17.1. The van der Waals surface area contributed by atoms with Crippen molar-refractivity contribution in [2.45, 2.75) is 37.5 Å². The summed E-state index contributed by atoms with van der Waals surface area (Å²) in [6, 6.07) is 0. The zero-order valence-electron chi connectivity index (χ0n) is 14.0. The van der Waals surface area contributed by atoms with Crippen molar-refractivity contribution in [3.8, 4) is 0 Å². The number of aromatic nitrogens is 2. The Kier molecular flexibility index (Phi) is 5.59. The minimum Gasteiger partial charge on any atom is -0.396 e. The van der Waals surface area contributed by atoms with Gasteiger partial charge in [0.2, 0.25) is 5.95 Å². The van der Waals surface area contributed by atoms with Gasteiger partial charge in [0.15, 0.2) is 9.84 Å². The third-order valence-electron chi connectivity index (χ3n) is 4.02. The Morgan fingerprint density at radius 3 is 2.78 bits per heavy atom. The lowest BCUT2D eigenvalue weighted by Crippen LogP contribution is -2.31. The number of nitrogens with zero attached hydrogens (tertiary/aromatic N) is 2. The van der Waals surface area contributed by atoms with Gasteiger partial charge in [-0.25, -0.2) is 18.4 Å². The number of hydrogen-bond acceptors (Lipinski definition) is 7. The fourth-order valence-electron chi connectivity index (χ4n) is 2.51. The highest BCUT2D eigenvalue weighted by atomic mass is 32.2. The van der Waals surface area contributed by atoms with Crippen molar-refractivity contribution in [2.75, 3.05) is 37.8 Å². The molecule has 23 heavy (non-hydrogen) atoms. The van der Waals surface area contributed by atoms with Gasteiger partial charge in [-0.15, -0.1) is 0 Å². The van der Waals surface area contributed by atoms with E-state index in [1.54, 1.807) is 0 Å². The Bertz CT molecular complexity index is 640. The monoisotopic (exact) mass is 342 g/mol. The number of nitrogens with one attached hydrogen (secondary N) is 2. The Balaban J connectivity index is 2.29. The number of aliphatic hydroxyl groups is 1. The topological polar surface area (TPSA) is 104 Å². The molecule has 0 bridgehead atoms. The van der Waals surface area contributed by atoms with Crippen LogP contribution in [0.5, 0.6) is 0 Å². The summed E-state index contributed by atoms with van der Waals surface area (Å²) >= 11 is 0. The van der Waals surface area contributed by atoms with E-state index in [-0.39, 0.29) is 22.8 Å². The van der Waals surface area contributed by atoms with E-state index >= 15 is 0 Å². The number of aliphatic hydroxyl groups excluding tert-OH is 1. The van der Waals surface area contributed by atoms with Crippen LogP contribution >= 0.6 is 0 Å². The van der Waals surface area contributed by atoms with E-state index in [0.29, 0.717) is 18.2 Å². The summed E-state index contributed by atoms with van der Waals surface area (Å²) in [7, 11) is -3.37. The van der Waals surface area contributed by atoms with Gasteiger partial charge in [0.25, 0.3) is 0 Å². The van der Waals surface area contributed by atoms with E-state index in [1.165, 1.54) is 12.5 Å². The van der Waals surface area contributed by atoms with Crippen molar-refractivity contribution in [1.82, 2.24) is 15.3 Å². The molecule has 0 spiro atoms. The average Bonchev–Trinajstić information content (AvgIpc) is 2.53. The molecule has 1 atom stereocenters. The maximum Gasteiger partial charge on any atom is 0.222 e. The first kappa shape index (κ1) is 18.1. The molecule has 1 aliphatic heterocycles. The Labute approximate surface area is 137 Å². The molecule has 0 saturated carbocycles. The molecular weight excluding hydrogens is 316 g/mol. The highest BCUT2D eigenvalue weighted by molar-refractivity contribution is 7.90. The molecule has 1 fully saturated rings. The van der Waals surface area contributed by atoms with Gasteiger partial charge in [-0.1, -0.05) is 13.8 Å². The summed E-state index contributed by atoms with van der Waals surface area (Å²) in [4.78, 5) is 8.82. The fraction of sp³-hybridized carbons (Fsp3) is 0.733. The molecular formula is C15H26N4O3S. The number of anilines is 1. The van der Waals surface area contributed by atoms with Gasteiger partial charge in [0, 0.05) is 37.3 Å². The zero-order valence-corrected chi connectivity index (χ0v) is 14.8. The summed E-state index contributed by atoms with van der Waals surface area (Å²) in [5.74, 6) is 0.474. The molecule has 3 N–H and O–H groups in total. The van der Waals surface area contributed by atoms with Gasteiger partial charge in [-0.3, -0.25) is 0 Å². The van der Waals surface area contributed by atoms with E-state index in [2.05, 4.69) is 20.6 Å². The van der Waals surface area contributed by atoms with Crippen LogP contribution in [0.2, 0.25) is 0 Å². The molecule has 0 radical (unpaired) electrons. The summed E-state index contributed by atoms with van der Waals surface area (Å²) in [5, 5.41) is 15.7. The van der Waals surface area contributed by atoms with Crippen molar-refractivity contribution < 1.29 is 13.5 Å². The maximum absolute atomic E-state index is 12.0. The van der Waals surface area contributed by atoms with Gasteiger partial charge in [0.1, 0.15) is 4.90 Å². The van der Waals surface area contributed by atoms with Crippen LogP contribution in [-0.4, -0.2) is 56.0 Å².